The molecule has 1 saturated heterocycles. The summed E-state index contributed by atoms with van der Waals surface area (Å²) in [6.45, 7) is 9.03. The van der Waals surface area contributed by atoms with Crippen LogP contribution in [0, 0.1) is 0 Å². The van der Waals surface area contributed by atoms with Crippen LogP contribution in [0.2, 0.25) is 0 Å². The van der Waals surface area contributed by atoms with Crippen molar-refractivity contribution in [2.45, 2.75) is 39.8 Å². The zero-order valence-electron chi connectivity index (χ0n) is 31.6. The largest absolute Gasteiger partial charge is 0.368 e. The lowest BCUT2D eigenvalue weighted by Gasteiger charge is -2.43. The van der Waals surface area contributed by atoms with Gasteiger partial charge in [0.1, 0.15) is 34.3 Å². The summed E-state index contributed by atoms with van der Waals surface area (Å²) in [4.78, 5) is 80.2. The molecule has 1 aliphatic rings. The van der Waals surface area contributed by atoms with Crippen LogP contribution in [0.4, 0.5) is 11.6 Å². The Balaban J connectivity index is 1.11. The number of carbonyl (C=O) groups excluding carboxylic acids is 4. The first-order valence-electron chi connectivity index (χ1n) is 18.6. The van der Waals surface area contributed by atoms with Crippen LogP contribution in [0.3, 0.4) is 0 Å². The molecule has 2 aromatic carbocycles. The summed E-state index contributed by atoms with van der Waals surface area (Å²) < 4.78 is 0. The summed E-state index contributed by atoms with van der Waals surface area (Å²) in [5.74, 6) is 1.36. The number of aromatic amines is 2. The molecular weight excluding hydrogens is 713 g/mol. The first-order valence-corrected chi connectivity index (χ1v) is 18.6. The van der Waals surface area contributed by atoms with Gasteiger partial charge in [-0.1, -0.05) is 60.7 Å². The summed E-state index contributed by atoms with van der Waals surface area (Å²) in [5.41, 5.74) is 3.34. The van der Waals surface area contributed by atoms with Crippen molar-refractivity contribution in [1.29, 1.82) is 0 Å². The molecule has 7 rings (SSSR count). The van der Waals surface area contributed by atoms with Crippen LogP contribution in [0.25, 0.3) is 44.8 Å². The van der Waals surface area contributed by atoms with Crippen molar-refractivity contribution in [2.75, 3.05) is 49.9 Å². The van der Waals surface area contributed by atoms with Crippen LogP contribution < -0.4 is 21.3 Å². The van der Waals surface area contributed by atoms with Gasteiger partial charge in [-0.2, -0.15) is 0 Å². The molecule has 288 valence electrons. The predicted molar refractivity (Wildman–Crippen MR) is 214 cm³/mol. The maximum absolute atomic E-state index is 14.1. The second kappa shape index (κ2) is 16.3. The maximum Gasteiger partial charge on any atom is 0.270 e. The Hall–Kier alpha value is -6.84. The number of carbonyl (C=O) groups is 4. The smallest absolute Gasteiger partial charge is 0.270 e. The Morgan fingerprint density at radius 3 is 1.38 bits per heavy atom. The van der Waals surface area contributed by atoms with Gasteiger partial charge >= 0.3 is 0 Å². The third kappa shape index (κ3) is 8.13. The van der Waals surface area contributed by atoms with E-state index in [-0.39, 0.29) is 35.7 Å². The molecule has 2 atom stereocenters. The van der Waals surface area contributed by atoms with Gasteiger partial charge < -0.3 is 41.0 Å². The van der Waals surface area contributed by atoms with Crippen molar-refractivity contribution in [3.8, 4) is 22.8 Å². The van der Waals surface area contributed by atoms with Crippen LogP contribution in [0.15, 0.2) is 72.8 Å². The summed E-state index contributed by atoms with van der Waals surface area (Å²) >= 11 is 0. The molecule has 5 heterocycles. The van der Waals surface area contributed by atoms with Gasteiger partial charge in [0.15, 0.2) is 11.6 Å². The molecule has 4 aromatic heterocycles. The van der Waals surface area contributed by atoms with E-state index in [1.165, 1.54) is 13.8 Å². The SMILES string of the molecule is CC(=O)NCCNc1nc(-c2ccccc2)nc2[nH]c(C(=O)N3C[C@H](C)N(C(=O)c4cc5c(NCCNC(C)=O)nc(-c6ccccc6)nc5[nH]4)C[C@H]3C)cc12. The van der Waals surface area contributed by atoms with Crippen LogP contribution >= 0.6 is 0 Å². The number of anilines is 2. The molecule has 0 spiro atoms. The molecule has 0 saturated carbocycles. The fourth-order valence-electron chi connectivity index (χ4n) is 6.79. The van der Waals surface area contributed by atoms with Gasteiger partial charge in [-0.15, -0.1) is 0 Å². The Bertz CT molecular complexity index is 2230. The molecule has 0 radical (unpaired) electrons. The fraction of sp³-hybridized carbons (Fsp3) is 0.300. The lowest BCUT2D eigenvalue weighted by atomic mass is 10.1. The number of amides is 4. The maximum atomic E-state index is 14.1. The number of hydrogen-bond donors (Lipinski definition) is 6. The second-order valence-electron chi connectivity index (χ2n) is 13.8. The van der Waals surface area contributed by atoms with E-state index in [0.29, 0.717) is 96.0 Å². The summed E-state index contributed by atoms with van der Waals surface area (Å²) in [7, 11) is 0. The topological polar surface area (TPSA) is 206 Å². The van der Waals surface area contributed by atoms with Crippen LogP contribution in [-0.4, -0.2) is 115 Å². The highest BCUT2D eigenvalue weighted by Crippen LogP contribution is 2.29. The predicted octanol–water partition coefficient (Wildman–Crippen LogP) is 4.03. The number of fused-ring (bicyclic) bond motifs is 2. The Kier molecular flexibility index (Phi) is 10.9. The number of H-pyrrole nitrogens is 2. The molecule has 1 aliphatic heterocycles. The van der Waals surface area contributed by atoms with Gasteiger partial charge in [-0.25, -0.2) is 19.9 Å². The molecule has 4 amide bonds. The zero-order chi connectivity index (χ0) is 39.3. The van der Waals surface area contributed by atoms with Crippen molar-refractivity contribution >= 4 is 57.3 Å². The Labute approximate surface area is 322 Å². The van der Waals surface area contributed by atoms with E-state index < -0.39 is 0 Å². The monoisotopic (exact) mass is 756 g/mol. The average molecular weight is 757 g/mol. The van der Waals surface area contributed by atoms with Crippen molar-refractivity contribution in [3.05, 3.63) is 84.2 Å². The minimum Gasteiger partial charge on any atom is -0.368 e. The second-order valence-corrected chi connectivity index (χ2v) is 13.8. The van der Waals surface area contributed by atoms with Crippen molar-refractivity contribution in [3.63, 3.8) is 0 Å². The molecule has 16 heteroatoms. The number of rotatable bonds is 12. The molecule has 0 aliphatic carbocycles. The number of benzene rings is 2. The van der Waals surface area contributed by atoms with Gasteiger partial charge in [-0.3, -0.25) is 19.2 Å². The molecule has 16 nitrogen and oxygen atoms in total. The third-order valence-electron chi connectivity index (χ3n) is 9.59. The van der Waals surface area contributed by atoms with E-state index in [4.69, 9.17) is 19.9 Å². The molecule has 0 unspecified atom stereocenters. The Morgan fingerprint density at radius 2 is 1.00 bits per heavy atom. The average Bonchev–Trinajstić information content (AvgIpc) is 3.84. The highest BCUT2D eigenvalue weighted by atomic mass is 16.2. The van der Waals surface area contributed by atoms with Crippen LogP contribution in [-0.2, 0) is 9.59 Å². The Morgan fingerprint density at radius 1 is 0.607 bits per heavy atom. The number of piperazine rings is 1. The van der Waals surface area contributed by atoms with Gasteiger partial charge in [0, 0.05) is 76.3 Å². The third-order valence-corrected chi connectivity index (χ3v) is 9.59. The van der Waals surface area contributed by atoms with E-state index in [9.17, 15) is 19.2 Å². The summed E-state index contributed by atoms with van der Waals surface area (Å²) in [5, 5.41) is 13.4. The van der Waals surface area contributed by atoms with Gasteiger partial charge in [0.2, 0.25) is 11.8 Å². The molecule has 6 aromatic rings. The standard InChI is InChI=1S/C40H44N12O4/c1-23-21-52(40(56)32-20-30-36(44-18-16-42-26(4)54)48-34(50-38(30)46-32)28-13-9-6-10-14-28)24(2)22-51(23)39(55)31-19-29-35(43-17-15-41-25(3)53)47-33(49-37(29)45-31)27-11-7-5-8-12-27/h5-14,19-20,23-24H,15-18,21-22H2,1-4H3,(H,41,53)(H,42,54)(H2,43,45,47,49)(H2,44,46,48,50)/t23-,24+. The quantitative estimate of drug-likeness (QED) is 0.0989. The van der Waals surface area contributed by atoms with Gasteiger partial charge in [0.25, 0.3) is 11.8 Å². The molecule has 6 N–H and O–H groups in total. The normalized spacial score (nSPS) is 15.5. The highest BCUT2D eigenvalue weighted by Gasteiger charge is 2.36. The lowest BCUT2D eigenvalue weighted by Crippen LogP contribution is -2.59. The van der Waals surface area contributed by atoms with E-state index in [1.807, 2.05) is 74.5 Å². The van der Waals surface area contributed by atoms with Crippen molar-refractivity contribution in [2.24, 2.45) is 0 Å². The number of hydrogen-bond acceptors (Lipinski definition) is 10. The minimum atomic E-state index is -0.310. The molecular formula is C40H44N12O4. The number of nitrogens with zero attached hydrogens (tertiary/aromatic N) is 6. The first-order chi connectivity index (χ1) is 27.0. The first kappa shape index (κ1) is 37.5. The van der Waals surface area contributed by atoms with Crippen molar-refractivity contribution in [1.82, 2.24) is 50.3 Å². The van der Waals surface area contributed by atoms with Crippen LogP contribution in [0.1, 0.15) is 48.7 Å². The summed E-state index contributed by atoms with van der Waals surface area (Å²) in [6.07, 6.45) is 0. The van der Waals surface area contributed by atoms with E-state index in [1.54, 1.807) is 21.9 Å². The van der Waals surface area contributed by atoms with E-state index in [0.717, 1.165) is 11.1 Å². The number of aromatic nitrogens is 6. The zero-order valence-corrected chi connectivity index (χ0v) is 31.6. The molecule has 0 bridgehead atoms. The lowest BCUT2D eigenvalue weighted by molar-refractivity contribution is -0.119. The van der Waals surface area contributed by atoms with Gasteiger partial charge in [0.05, 0.1) is 10.8 Å². The minimum absolute atomic E-state index is 0.129. The highest BCUT2D eigenvalue weighted by molar-refractivity contribution is 6.02. The van der Waals surface area contributed by atoms with E-state index in [2.05, 4.69) is 31.2 Å². The fourth-order valence-corrected chi connectivity index (χ4v) is 6.79. The van der Waals surface area contributed by atoms with Gasteiger partial charge in [-0.05, 0) is 26.0 Å². The van der Waals surface area contributed by atoms with E-state index >= 15 is 0 Å². The number of nitrogens with one attached hydrogen (secondary N) is 6. The molecule has 1 fully saturated rings. The molecule has 56 heavy (non-hydrogen) atoms. The summed E-state index contributed by atoms with van der Waals surface area (Å²) in [6, 6.07) is 22.0. The van der Waals surface area contributed by atoms with Crippen LogP contribution in [0.5, 0.6) is 0 Å². The van der Waals surface area contributed by atoms with Crippen molar-refractivity contribution < 1.29 is 19.2 Å².